The maximum absolute atomic E-state index is 12.7. The Labute approximate surface area is 151 Å². The molecule has 0 unspecified atom stereocenters. The second kappa shape index (κ2) is 8.61. The minimum absolute atomic E-state index is 0.284. The molecule has 1 saturated heterocycles. The van der Waals surface area contributed by atoms with Gasteiger partial charge in [0, 0.05) is 38.6 Å². The van der Waals surface area contributed by atoms with Crippen LogP contribution in [-0.4, -0.2) is 65.4 Å². The zero-order valence-corrected chi connectivity index (χ0v) is 15.6. The molecule has 1 aliphatic heterocycles. The summed E-state index contributed by atoms with van der Waals surface area (Å²) in [7, 11) is 3.98. The summed E-state index contributed by atoms with van der Waals surface area (Å²) in [6.45, 7) is 2.30. The number of aromatic nitrogens is 2. The van der Waals surface area contributed by atoms with Gasteiger partial charge in [-0.25, -0.2) is 4.98 Å². The number of hydrogen-bond acceptors (Lipinski definition) is 5. The van der Waals surface area contributed by atoms with Crippen LogP contribution in [0.25, 0.3) is 0 Å². The number of amides is 1. The van der Waals surface area contributed by atoms with Crippen molar-refractivity contribution in [3.05, 3.63) is 18.1 Å². The van der Waals surface area contributed by atoms with E-state index in [4.69, 9.17) is 0 Å². The average molecular weight is 345 g/mol. The third-order valence-electron chi connectivity index (χ3n) is 5.70. The first-order valence-electron chi connectivity index (χ1n) is 9.63. The molecule has 1 saturated carbocycles. The quantitative estimate of drug-likeness (QED) is 0.856. The van der Waals surface area contributed by atoms with Gasteiger partial charge >= 0.3 is 0 Å². The van der Waals surface area contributed by atoms with Crippen molar-refractivity contribution in [2.45, 2.75) is 51.0 Å². The van der Waals surface area contributed by atoms with Gasteiger partial charge in [-0.3, -0.25) is 14.7 Å². The molecule has 2 fully saturated rings. The van der Waals surface area contributed by atoms with Crippen LogP contribution in [0.5, 0.6) is 0 Å². The van der Waals surface area contributed by atoms with Gasteiger partial charge in [0.15, 0.2) is 0 Å². The maximum atomic E-state index is 12.7. The van der Waals surface area contributed by atoms with Crippen LogP contribution in [0.15, 0.2) is 12.4 Å². The molecule has 1 aromatic rings. The zero-order valence-electron chi connectivity index (χ0n) is 15.6. The van der Waals surface area contributed by atoms with E-state index in [1.165, 1.54) is 25.7 Å². The first-order chi connectivity index (χ1) is 12.2. The Morgan fingerprint density at radius 3 is 2.76 bits per heavy atom. The van der Waals surface area contributed by atoms with E-state index >= 15 is 0 Å². The average Bonchev–Trinajstić information content (AvgIpc) is 3.17. The molecule has 3 rings (SSSR count). The van der Waals surface area contributed by atoms with Gasteiger partial charge in [0.25, 0.3) is 0 Å². The van der Waals surface area contributed by atoms with E-state index < -0.39 is 0 Å². The highest BCUT2D eigenvalue weighted by Gasteiger charge is 2.27. The summed E-state index contributed by atoms with van der Waals surface area (Å²) < 4.78 is 0. The van der Waals surface area contributed by atoms with Crippen molar-refractivity contribution < 1.29 is 4.79 Å². The van der Waals surface area contributed by atoms with Crippen LogP contribution in [0, 0.1) is 5.92 Å². The molecule has 1 amide bonds. The lowest BCUT2D eigenvalue weighted by Gasteiger charge is -2.34. The predicted octanol–water partition coefficient (Wildman–Crippen LogP) is 2.17. The van der Waals surface area contributed by atoms with E-state index in [0.717, 1.165) is 43.9 Å². The van der Waals surface area contributed by atoms with Crippen LogP contribution in [0.1, 0.15) is 44.2 Å². The Bertz CT molecular complexity index is 573. The molecule has 2 aliphatic rings. The monoisotopic (exact) mass is 345 g/mol. The van der Waals surface area contributed by atoms with Crippen molar-refractivity contribution in [2.75, 3.05) is 39.0 Å². The largest absolute Gasteiger partial charge is 0.372 e. The molecule has 0 aromatic carbocycles. The van der Waals surface area contributed by atoms with Gasteiger partial charge in [0.1, 0.15) is 5.82 Å². The van der Waals surface area contributed by atoms with Crippen molar-refractivity contribution in [3.63, 3.8) is 0 Å². The Balaban J connectivity index is 1.54. The standard InChI is InChI=1S/C19H31N5O/c1-20-19-17(21-9-10-22-19)12-15-6-5-11-24(13-15)18(25)14-23(2)16-7-3-4-8-16/h9-10,15-16H,3-8,11-14H2,1-2H3,(H,20,22)/t15-/m1/s1. The Kier molecular flexibility index (Phi) is 6.24. The lowest BCUT2D eigenvalue weighted by molar-refractivity contribution is -0.134. The molecule has 0 spiro atoms. The van der Waals surface area contributed by atoms with Gasteiger partial charge in [-0.1, -0.05) is 12.8 Å². The molecular weight excluding hydrogens is 314 g/mol. The summed E-state index contributed by atoms with van der Waals surface area (Å²) in [5.41, 5.74) is 1.01. The summed E-state index contributed by atoms with van der Waals surface area (Å²) in [5, 5.41) is 3.12. The summed E-state index contributed by atoms with van der Waals surface area (Å²) in [6.07, 6.45) is 11.7. The van der Waals surface area contributed by atoms with E-state index in [9.17, 15) is 4.79 Å². The fourth-order valence-electron chi connectivity index (χ4n) is 4.24. The number of likely N-dealkylation sites (tertiary alicyclic amines) is 1. The highest BCUT2D eigenvalue weighted by Crippen LogP contribution is 2.24. The Morgan fingerprint density at radius 2 is 2.00 bits per heavy atom. The first kappa shape index (κ1) is 18.1. The summed E-state index contributed by atoms with van der Waals surface area (Å²) >= 11 is 0. The molecule has 1 aromatic heterocycles. The van der Waals surface area contributed by atoms with Crippen molar-refractivity contribution in [1.82, 2.24) is 19.8 Å². The van der Waals surface area contributed by atoms with Crippen molar-refractivity contribution in [2.24, 2.45) is 5.92 Å². The van der Waals surface area contributed by atoms with E-state index in [0.29, 0.717) is 18.5 Å². The number of likely N-dealkylation sites (N-methyl/N-ethyl adjacent to an activating group) is 1. The Morgan fingerprint density at radius 1 is 1.24 bits per heavy atom. The van der Waals surface area contributed by atoms with Crippen LogP contribution in [0.4, 0.5) is 5.82 Å². The summed E-state index contributed by atoms with van der Waals surface area (Å²) in [4.78, 5) is 25.9. The molecule has 1 atom stereocenters. The molecule has 1 aliphatic carbocycles. The zero-order chi connectivity index (χ0) is 17.6. The number of nitrogens with zero attached hydrogens (tertiary/aromatic N) is 4. The fraction of sp³-hybridized carbons (Fsp3) is 0.737. The lowest BCUT2D eigenvalue weighted by Crippen LogP contribution is -2.46. The first-order valence-corrected chi connectivity index (χ1v) is 9.63. The van der Waals surface area contributed by atoms with Gasteiger partial charge in [0.05, 0.1) is 12.2 Å². The molecule has 2 heterocycles. The van der Waals surface area contributed by atoms with Gasteiger partial charge in [-0.05, 0) is 45.1 Å². The minimum Gasteiger partial charge on any atom is -0.372 e. The second-order valence-corrected chi connectivity index (χ2v) is 7.51. The number of carbonyl (C=O) groups excluding carboxylic acids is 1. The molecular formula is C19H31N5O. The van der Waals surface area contributed by atoms with E-state index in [2.05, 4.69) is 32.1 Å². The molecule has 6 heteroatoms. The topological polar surface area (TPSA) is 61.4 Å². The van der Waals surface area contributed by atoms with Gasteiger partial charge < -0.3 is 10.2 Å². The highest BCUT2D eigenvalue weighted by molar-refractivity contribution is 5.78. The third kappa shape index (κ3) is 4.69. The summed E-state index contributed by atoms with van der Waals surface area (Å²) in [5.74, 6) is 1.61. The smallest absolute Gasteiger partial charge is 0.236 e. The van der Waals surface area contributed by atoms with Crippen LogP contribution in [-0.2, 0) is 11.2 Å². The minimum atomic E-state index is 0.284. The number of piperidine rings is 1. The molecule has 6 nitrogen and oxygen atoms in total. The van der Waals surface area contributed by atoms with E-state index in [1.807, 2.05) is 7.05 Å². The number of carbonyl (C=O) groups is 1. The molecule has 1 N–H and O–H groups in total. The second-order valence-electron chi connectivity index (χ2n) is 7.51. The molecule has 25 heavy (non-hydrogen) atoms. The fourth-order valence-corrected chi connectivity index (χ4v) is 4.24. The van der Waals surface area contributed by atoms with Crippen LogP contribution >= 0.6 is 0 Å². The lowest BCUT2D eigenvalue weighted by atomic mass is 9.93. The van der Waals surface area contributed by atoms with Crippen molar-refractivity contribution in [1.29, 1.82) is 0 Å². The van der Waals surface area contributed by atoms with E-state index in [1.54, 1.807) is 12.4 Å². The van der Waals surface area contributed by atoms with Gasteiger partial charge in [-0.15, -0.1) is 0 Å². The highest BCUT2D eigenvalue weighted by atomic mass is 16.2. The molecule has 0 bridgehead atoms. The van der Waals surface area contributed by atoms with Crippen molar-refractivity contribution in [3.8, 4) is 0 Å². The van der Waals surface area contributed by atoms with Crippen molar-refractivity contribution >= 4 is 11.7 Å². The van der Waals surface area contributed by atoms with Crippen LogP contribution in [0.3, 0.4) is 0 Å². The predicted molar refractivity (Wildman–Crippen MR) is 99.5 cm³/mol. The number of anilines is 1. The summed E-state index contributed by atoms with van der Waals surface area (Å²) in [6, 6.07) is 0.599. The van der Waals surface area contributed by atoms with E-state index in [-0.39, 0.29) is 5.91 Å². The SMILES string of the molecule is CNc1nccnc1C[C@H]1CCCN(C(=O)CN(C)C2CCCC2)C1. The number of nitrogens with one attached hydrogen (secondary N) is 1. The van der Waals surface area contributed by atoms with Crippen LogP contribution in [0.2, 0.25) is 0 Å². The van der Waals surface area contributed by atoms with Gasteiger partial charge in [-0.2, -0.15) is 0 Å². The number of rotatable bonds is 6. The molecule has 138 valence electrons. The van der Waals surface area contributed by atoms with Gasteiger partial charge in [0.2, 0.25) is 5.91 Å². The maximum Gasteiger partial charge on any atom is 0.236 e. The Hall–Kier alpha value is -1.69. The van der Waals surface area contributed by atoms with Crippen LogP contribution < -0.4 is 5.32 Å². The normalized spacial score (nSPS) is 21.7. The third-order valence-corrected chi connectivity index (χ3v) is 5.70. The number of hydrogen-bond donors (Lipinski definition) is 1. The molecule has 0 radical (unpaired) electrons.